The van der Waals surface area contributed by atoms with E-state index in [-0.39, 0.29) is 43.4 Å². The zero-order valence-electron chi connectivity index (χ0n) is 22.0. The highest BCUT2D eigenvalue weighted by Crippen LogP contribution is 2.23. The van der Waals surface area contributed by atoms with E-state index in [1.54, 1.807) is 11.0 Å². The van der Waals surface area contributed by atoms with Crippen molar-refractivity contribution in [3.8, 4) is 0 Å². The molecule has 0 aromatic heterocycles. The van der Waals surface area contributed by atoms with Crippen molar-refractivity contribution in [2.75, 3.05) is 23.7 Å². The first-order valence-corrected chi connectivity index (χ1v) is 15.3. The predicted molar refractivity (Wildman–Crippen MR) is 155 cm³/mol. The second-order valence-electron chi connectivity index (χ2n) is 9.14. The molecule has 0 unspecified atom stereocenters. The number of nitrogens with zero attached hydrogens (tertiary/aromatic N) is 2. The molecule has 10 heteroatoms. The van der Waals surface area contributed by atoms with Crippen LogP contribution in [-0.2, 0) is 32.6 Å². The van der Waals surface area contributed by atoms with Crippen molar-refractivity contribution < 1.29 is 22.4 Å². The highest BCUT2D eigenvalue weighted by molar-refractivity contribution is 9.10. The molecular weight excluding hydrogens is 585 g/mol. The molecule has 208 valence electrons. The van der Waals surface area contributed by atoms with Crippen molar-refractivity contribution in [2.24, 2.45) is 0 Å². The average molecular weight is 619 g/mol. The van der Waals surface area contributed by atoms with Crippen LogP contribution in [0.1, 0.15) is 30.9 Å². The molecular formula is C29H33BrFN3O4S. The first-order chi connectivity index (χ1) is 18.6. The third-order valence-corrected chi connectivity index (χ3v) is 7.81. The van der Waals surface area contributed by atoms with Gasteiger partial charge in [0, 0.05) is 36.9 Å². The predicted octanol–water partition coefficient (Wildman–Crippen LogP) is 4.91. The Morgan fingerprint density at radius 3 is 2.28 bits per heavy atom. The van der Waals surface area contributed by atoms with Crippen molar-refractivity contribution >= 4 is 43.5 Å². The number of benzene rings is 3. The Bertz CT molecular complexity index is 1370. The van der Waals surface area contributed by atoms with Crippen molar-refractivity contribution in [3.63, 3.8) is 0 Å². The number of carbonyl (C=O) groups is 2. The fourth-order valence-corrected chi connectivity index (χ4v) is 5.73. The minimum absolute atomic E-state index is 0.0286. The minimum Gasteiger partial charge on any atom is -0.355 e. The molecule has 3 aromatic carbocycles. The van der Waals surface area contributed by atoms with Gasteiger partial charge in [-0.25, -0.2) is 12.8 Å². The zero-order chi connectivity index (χ0) is 28.4. The number of likely N-dealkylation sites (N-methyl/N-ethyl adjacent to an activating group) is 1. The van der Waals surface area contributed by atoms with Gasteiger partial charge in [-0.15, -0.1) is 0 Å². The molecule has 0 aliphatic heterocycles. The molecule has 0 spiro atoms. The molecule has 0 radical (unpaired) electrons. The number of anilines is 1. The Morgan fingerprint density at radius 2 is 1.64 bits per heavy atom. The van der Waals surface area contributed by atoms with E-state index in [9.17, 15) is 22.4 Å². The SMILES string of the molecule is CCNC(=O)[C@@H](Cc1ccccc1)N(Cc1cccc(Br)c1)C(=O)CCCN(c1ccccc1F)S(C)(=O)=O. The van der Waals surface area contributed by atoms with Crippen LogP contribution in [0.4, 0.5) is 10.1 Å². The summed E-state index contributed by atoms with van der Waals surface area (Å²) in [7, 11) is -3.79. The quantitative estimate of drug-likeness (QED) is 0.295. The maximum absolute atomic E-state index is 14.4. The number of nitrogens with one attached hydrogen (secondary N) is 1. The lowest BCUT2D eigenvalue weighted by Gasteiger charge is -2.32. The van der Waals surface area contributed by atoms with Gasteiger partial charge in [0.1, 0.15) is 11.9 Å². The molecule has 1 atom stereocenters. The molecule has 7 nitrogen and oxygen atoms in total. The first kappa shape index (κ1) is 30.3. The second-order valence-corrected chi connectivity index (χ2v) is 12.0. The Labute approximate surface area is 238 Å². The molecule has 0 heterocycles. The van der Waals surface area contributed by atoms with E-state index in [1.165, 1.54) is 18.2 Å². The smallest absolute Gasteiger partial charge is 0.243 e. The van der Waals surface area contributed by atoms with Crippen LogP contribution >= 0.6 is 15.9 Å². The molecule has 3 aromatic rings. The lowest BCUT2D eigenvalue weighted by atomic mass is 10.0. The van der Waals surface area contributed by atoms with E-state index in [4.69, 9.17) is 0 Å². The van der Waals surface area contributed by atoms with Crippen LogP contribution in [0, 0.1) is 5.82 Å². The van der Waals surface area contributed by atoms with Crippen molar-refractivity contribution in [1.29, 1.82) is 0 Å². The van der Waals surface area contributed by atoms with Crippen molar-refractivity contribution in [3.05, 3.63) is 100 Å². The molecule has 3 rings (SSSR count). The Morgan fingerprint density at radius 1 is 0.974 bits per heavy atom. The Balaban J connectivity index is 1.87. The lowest BCUT2D eigenvalue weighted by molar-refractivity contribution is -0.141. The summed E-state index contributed by atoms with van der Waals surface area (Å²) < 4.78 is 41.1. The second kappa shape index (κ2) is 14.2. The first-order valence-electron chi connectivity index (χ1n) is 12.7. The number of rotatable bonds is 13. The van der Waals surface area contributed by atoms with Crippen molar-refractivity contribution in [2.45, 2.75) is 38.8 Å². The van der Waals surface area contributed by atoms with E-state index in [1.807, 2.05) is 61.5 Å². The lowest BCUT2D eigenvalue weighted by Crippen LogP contribution is -2.50. The van der Waals surface area contributed by atoms with E-state index >= 15 is 0 Å². The van der Waals surface area contributed by atoms with Gasteiger partial charge in [0.05, 0.1) is 11.9 Å². The number of sulfonamides is 1. The summed E-state index contributed by atoms with van der Waals surface area (Å²) in [5.74, 6) is -1.23. The summed E-state index contributed by atoms with van der Waals surface area (Å²) in [5.41, 5.74) is 1.68. The van der Waals surface area contributed by atoms with Gasteiger partial charge in [0.2, 0.25) is 21.8 Å². The number of amides is 2. The van der Waals surface area contributed by atoms with Gasteiger partial charge in [-0.05, 0) is 48.7 Å². The monoisotopic (exact) mass is 617 g/mol. The van der Waals surface area contributed by atoms with Crippen LogP contribution in [0.2, 0.25) is 0 Å². The third-order valence-electron chi connectivity index (χ3n) is 6.14. The molecule has 0 bridgehead atoms. The van der Waals surface area contributed by atoms with E-state index in [0.29, 0.717) is 13.0 Å². The maximum Gasteiger partial charge on any atom is 0.243 e. The van der Waals surface area contributed by atoms with E-state index in [0.717, 1.165) is 26.2 Å². The van der Waals surface area contributed by atoms with Crippen LogP contribution in [0.15, 0.2) is 83.3 Å². The normalized spacial score (nSPS) is 12.0. The highest BCUT2D eigenvalue weighted by Gasteiger charge is 2.30. The molecule has 0 aliphatic carbocycles. The van der Waals surface area contributed by atoms with Gasteiger partial charge >= 0.3 is 0 Å². The average Bonchev–Trinajstić information content (AvgIpc) is 2.89. The van der Waals surface area contributed by atoms with Crippen LogP contribution in [0.25, 0.3) is 0 Å². The Kier molecular flexibility index (Phi) is 11.1. The molecule has 0 saturated heterocycles. The molecule has 0 saturated carbocycles. The zero-order valence-corrected chi connectivity index (χ0v) is 24.4. The molecule has 1 N–H and O–H groups in total. The number of hydrogen-bond acceptors (Lipinski definition) is 4. The fourth-order valence-electron chi connectivity index (χ4n) is 4.31. The van der Waals surface area contributed by atoms with Gasteiger partial charge in [-0.2, -0.15) is 0 Å². The topological polar surface area (TPSA) is 86.8 Å². The summed E-state index contributed by atoms with van der Waals surface area (Å²) in [6.45, 7) is 2.34. The highest BCUT2D eigenvalue weighted by atomic mass is 79.9. The largest absolute Gasteiger partial charge is 0.355 e. The maximum atomic E-state index is 14.4. The third kappa shape index (κ3) is 8.90. The van der Waals surface area contributed by atoms with Crippen LogP contribution in [-0.4, -0.2) is 50.5 Å². The van der Waals surface area contributed by atoms with Gasteiger partial charge in [-0.3, -0.25) is 13.9 Å². The molecule has 0 aliphatic rings. The van der Waals surface area contributed by atoms with E-state index in [2.05, 4.69) is 21.2 Å². The number of carbonyl (C=O) groups excluding carboxylic acids is 2. The summed E-state index contributed by atoms with van der Waals surface area (Å²) in [5, 5.41) is 2.85. The number of halogens is 2. The van der Waals surface area contributed by atoms with Gasteiger partial charge in [0.25, 0.3) is 0 Å². The minimum atomic E-state index is -3.79. The van der Waals surface area contributed by atoms with Gasteiger partial charge in [0.15, 0.2) is 0 Å². The summed E-state index contributed by atoms with van der Waals surface area (Å²) in [6, 6.07) is 21.8. The van der Waals surface area contributed by atoms with E-state index < -0.39 is 21.9 Å². The van der Waals surface area contributed by atoms with Gasteiger partial charge in [-0.1, -0.05) is 70.5 Å². The van der Waals surface area contributed by atoms with Crippen LogP contribution in [0.5, 0.6) is 0 Å². The molecule has 2 amide bonds. The number of para-hydroxylation sites is 1. The van der Waals surface area contributed by atoms with Crippen LogP contribution < -0.4 is 9.62 Å². The summed E-state index contributed by atoms with van der Waals surface area (Å²) in [4.78, 5) is 28.5. The summed E-state index contributed by atoms with van der Waals surface area (Å²) >= 11 is 3.46. The standard InChI is InChI=1S/C29H33BrFN3O4S/c1-3-32-29(36)27(20-22-11-5-4-6-12-22)33(21-23-13-9-14-24(30)19-23)28(35)17-10-18-34(39(2,37)38)26-16-8-7-15-25(26)31/h4-9,11-16,19,27H,3,10,17-18,20-21H2,1-2H3,(H,32,36)/t27-/m1/s1. The van der Waals surface area contributed by atoms with Crippen molar-refractivity contribution in [1.82, 2.24) is 10.2 Å². The number of hydrogen-bond donors (Lipinski definition) is 1. The fraction of sp³-hybridized carbons (Fsp3) is 0.310. The summed E-state index contributed by atoms with van der Waals surface area (Å²) in [6.07, 6.45) is 1.44. The molecule has 0 fully saturated rings. The van der Waals surface area contributed by atoms with Crippen LogP contribution in [0.3, 0.4) is 0 Å². The molecule has 39 heavy (non-hydrogen) atoms. The Hall–Kier alpha value is -3.24. The van der Waals surface area contributed by atoms with Gasteiger partial charge < -0.3 is 10.2 Å².